The summed E-state index contributed by atoms with van der Waals surface area (Å²) in [6.45, 7) is 4.12. The van der Waals surface area contributed by atoms with Crippen LogP contribution in [0.3, 0.4) is 0 Å². The van der Waals surface area contributed by atoms with E-state index in [2.05, 4.69) is 6.92 Å². The summed E-state index contributed by atoms with van der Waals surface area (Å²) in [6.07, 6.45) is 24.3. The molecule has 0 bridgehead atoms. The number of unbranched alkanes of at least 4 members (excludes halogenated alkanes) is 14. The van der Waals surface area contributed by atoms with Crippen molar-refractivity contribution in [3.63, 3.8) is 0 Å². The van der Waals surface area contributed by atoms with Crippen LogP contribution in [0.25, 0.3) is 0 Å². The molecule has 4 N–H and O–H groups in total. The van der Waals surface area contributed by atoms with Crippen LogP contribution in [0.4, 0.5) is 0 Å². The van der Waals surface area contributed by atoms with E-state index in [1.165, 1.54) is 89.0 Å². The summed E-state index contributed by atoms with van der Waals surface area (Å²) in [6, 6.07) is 7.62. The van der Waals surface area contributed by atoms with Gasteiger partial charge in [-0.2, -0.15) is 0 Å². The third kappa shape index (κ3) is 19.9. The molecule has 0 unspecified atom stereocenters. The zero-order chi connectivity index (χ0) is 27.8. The Hall–Kier alpha value is -1.10. The molecule has 0 fully saturated rings. The summed E-state index contributed by atoms with van der Waals surface area (Å²) in [4.78, 5) is 0. The highest BCUT2D eigenvalue weighted by Gasteiger charge is 2.14. The van der Waals surface area contributed by atoms with E-state index in [0.29, 0.717) is 18.1 Å². The summed E-state index contributed by atoms with van der Waals surface area (Å²) in [7, 11) is 0. The van der Waals surface area contributed by atoms with Gasteiger partial charge in [-0.05, 0) is 68.6 Å². The number of hydrogen-bond donors (Lipinski definition) is 4. The van der Waals surface area contributed by atoms with Crippen LogP contribution in [0.1, 0.15) is 154 Å². The lowest BCUT2D eigenvalue weighted by atomic mass is 9.94. The maximum absolute atomic E-state index is 10.2. The van der Waals surface area contributed by atoms with Gasteiger partial charge in [0.2, 0.25) is 0 Å². The molecule has 1 rings (SSSR count). The summed E-state index contributed by atoms with van der Waals surface area (Å²) < 4.78 is 0. The molecular formula is C34H62O4. The first-order valence-electron chi connectivity index (χ1n) is 16.2. The number of aliphatic hydroxyl groups excluding tert-OH is 3. The Morgan fingerprint density at radius 1 is 0.553 bits per heavy atom. The van der Waals surface area contributed by atoms with Crippen molar-refractivity contribution in [3.05, 3.63) is 29.8 Å². The van der Waals surface area contributed by atoms with Crippen molar-refractivity contribution in [3.8, 4) is 5.75 Å². The fraction of sp³-hybridized carbons (Fsp3) is 0.824. The normalized spacial score (nSPS) is 14.9. The van der Waals surface area contributed by atoms with Crippen LogP contribution in [-0.4, -0.2) is 38.7 Å². The molecular weight excluding hydrogens is 472 g/mol. The van der Waals surface area contributed by atoms with Crippen molar-refractivity contribution in [2.75, 3.05) is 0 Å². The van der Waals surface area contributed by atoms with E-state index in [1.54, 1.807) is 12.1 Å². The van der Waals surface area contributed by atoms with Crippen LogP contribution in [0.15, 0.2) is 24.3 Å². The van der Waals surface area contributed by atoms with Gasteiger partial charge in [-0.25, -0.2) is 0 Å². The molecule has 0 aliphatic heterocycles. The minimum atomic E-state index is -0.395. The number of rotatable bonds is 26. The molecule has 0 amide bonds. The van der Waals surface area contributed by atoms with Gasteiger partial charge in [0, 0.05) is 0 Å². The lowest BCUT2D eigenvalue weighted by Gasteiger charge is -2.18. The van der Waals surface area contributed by atoms with Crippen LogP contribution in [0.5, 0.6) is 5.75 Å². The molecule has 0 heterocycles. The second kappa shape index (κ2) is 23.8. The van der Waals surface area contributed by atoms with Gasteiger partial charge in [0.1, 0.15) is 5.75 Å². The van der Waals surface area contributed by atoms with Gasteiger partial charge in [-0.3, -0.25) is 0 Å². The van der Waals surface area contributed by atoms with Gasteiger partial charge < -0.3 is 20.4 Å². The van der Waals surface area contributed by atoms with Crippen LogP contribution in [0, 0.1) is 5.92 Å². The number of hydrogen-bond acceptors (Lipinski definition) is 4. The lowest BCUT2D eigenvalue weighted by Crippen LogP contribution is -2.18. The Morgan fingerprint density at radius 3 is 1.42 bits per heavy atom. The minimum Gasteiger partial charge on any atom is -0.508 e. The van der Waals surface area contributed by atoms with Gasteiger partial charge in [-0.15, -0.1) is 0 Å². The Labute approximate surface area is 235 Å². The highest BCUT2D eigenvalue weighted by atomic mass is 16.3. The monoisotopic (exact) mass is 534 g/mol. The molecule has 0 aliphatic rings. The summed E-state index contributed by atoms with van der Waals surface area (Å²) >= 11 is 0. The topological polar surface area (TPSA) is 80.9 Å². The molecule has 1 aromatic rings. The van der Waals surface area contributed by atoms with Crippen molar-refractivity contribution < 1.29 is 20.4 Å². The van der Waals surface area contributed by atoms with Gasteiger partial charge in [0.15, 0.2) is 0 Å². The van der Waals surface area contributed by atoms with Crippen molar-refractivity contribution in [2.24, 2.45) is 5.92 Å². The molecule has 1 aromatic carbocycles. The molecule has 0 saturated carbocycles. The first-order valence-corrected chi connectivity index (χ1v) is 16.2. The third-order valence-corrected chi connectivity index (χ3v) is 8.26. The first-order chi connectivity index (χ1) is 18.4. The zero-order valence-electron chi connectivity index (χ0n) is 25.0. The van der Waals surface area contributed by atoms with Gasteiger partial charge in [-0.1, -0.05) is 122 Å². The zero-order valence-corrected chi connectivity index (χ0v) is 25.0. The molecule has 222 valence electrons. The molecule has 4 atom stereocenters. The Balaban J connectivity index is 1.79. The lowest BCUT2D eigenvalue weighted by molar-refractivity contribution is 0.0668. The van der Waals surface area contributed by atoms with E-state index in [1.807, 2.05) is 19.1 Å². The number of aryl methyl sites for hydroxylation is 1. The van der Waals surface area contributed by atoms with Crippen molar-refractivity contribution >= 4 is 0 Å². The van der Waals surface area contributed by atoms with Gasteiger partial charge in [0.05, 0.1) is 18.3 Å². The first kappa shape index (κ1) is 34.9. The van der Waals surface area contributed by atoms with E-state index in [-0.39, 0.29) is 12.2 Å². The molecule has 4 heteroatoms. The number of aliphatic hydroxyl groups is 3. The summed E-state index contributed by atoms with van der Waals surface area (Å²) in [5.41, 5.74) is 1.33. The minimum absolute atomic E-state index is 0.206. The number of benzene rings is 1. The Kier molecular flexibility index (Phi) is 21.8. The predicted octanol–water partition coefficient (Wildman–Crippen LogP) is 8.87. The molecule has 0 radical (unpaired) electrons. The largest absolute Gasteiger partial charge is 0.508 e. The highest BCUT2D eigenvalue weighted by Crippen LogP contribution is 2.19. The van der Waals surface area contributed by atoms with Crippen LogP contribution < -0.4 is 0 Å². The molecule has 0 aromatic heterocycles. The molecule has 0 spiro atoms. The molecule has 4 nitrogen and oxygen atoms in total. The van der Waals surface area contributed by atoms with Crippen molar-refractivity contribution in [1.29, 1.82) is 0 Å². The smallest absolute Gasteiger partial charge is 0.115 e. The Bertz CT molecular complexity index is 632. The van der Waals surface area contributed by atoms with Gasteiger partial charge >= 0.3 is 0 Å². The van der Waals surface area contributed by atoms with E-state index in [9.17, 15) is 20.4 Å². The molecule has 38 heavy (non-hydrogen) atoms. The second-order valence-electron chi connectivity index (χ2n) is 11.9. The van der Waals surface area contributed by atoms with E-state index in [4.69, 9.17) is 0 Å². The predicted molar refractivity (Wildman–Crippen MR) is 162 cm³/mol. The van der Waals surface area contributed by atoms with Gasteiger partial charge in [0.25, 0.3) is 0 Å². The van der Waals surface area contributed by atoms with Crippen molar-refractivity contribution in [1.82, 2.24) is 0 Å². The fourth-order valence-electron chi connectivity index (χ4n) is 5.48. The number of phenolic OH excluding ortho intramolecular Hbond substituents is 1. The van der Waals surface area contributed by atoms with Crippen LogP contribution in [0.2, 0.25) is 0 Å². The fourth-order valence-corrected chi connectivity index (χ4v) is 5.48. The molecule has 0 aliphatic carbocycles. The van der Waals surface area contributed by atoms with E-state index in [0.717, 1.165) is 51.4 Å². The van der Waals surface area contributed by atoms with Crippen molar-refractivity contribution in [2.45, 2.75) is 173 Å². The summed E-state index contributed by atoms with van der Waals surface area (Å²) in [5.74, 6) is 0.684. The number of aromatic hydroxyl groups is 1. The van der Waals surface area contributed by atoms with Crippen LogP contribution >= 0.6 is 0 Å². The maximum Gasteiger partial charge on any atom is 0.115 e. The summed E-state index contributed by atoms with van der Waals surface area (Å²) in [5, 5.41) is 39.6. The highest BCUT2D eigenvalue weighted by molar-refractivity contribution is 5.25. The second-order valence-corrected chi connectivity index (χ2v) is 11.9. The van der Waals surface area contributed by atoms with E-state index < -0.39 is 6.10 Å². The maximum atomic E-state index is 10.2. The van der Waals surface area contributed by atoms with Crippen LogP contribution in [-0.2, 0) is 6.42 Å². The average molecular weight is 535 g/mol. The standard InChI is InChI=1S/C34H62O4/c1-3-34(38)29(2)20-18-19-23-33(37)28-32(36)22-17-15-13-11-9-7-5-4-6-8-10-12-14-16-21-30-24-26-31(35)27-25-30/h24-27,29,32-38H,3-23,28H2,1-2H3/t29-,32+,33+,34+/m0/s1. The number of phenols is 1. The quantitative estimate of drug-likeness (QED) is 0.0895. The third-order valence-electron chi connectivity index (χ3n) is 8.26. The average Bonchev–Trinajstić information content (AvgIpc) is 2.91. The Morgan fingerprint density at radius 2 is 0.947 bits per heavy atom. The SMILES string of the molecule is CC[C@@H](O)[C@@H](C)CCCC[C@@H](O)C[C@H](O)CCCCCCCCCCCCCCCCc1ccc(O)cc1. The molecule has 0 saturated heterocycles. The van der Waals surface area contributed by atoms with E-state index >= 15 is 0 Å².